The van der Waals surface area contributed by atoms with Crippen molar-refractivity contribution in [1.29, 1.82) is 0 Å². The number of anilines is 1. The Morgan fingerprint density at radius 2 is 1.71 bits per heavy atom. The van der Waals surface area contributed by atoms with E-state index in [1.54, 1.807) is 5.57 Å². The monoisotopic (exact) mass is 740 g/mol. The van der Waals surface area contributed by atoms with Crippen LogP contribution >= 0.6 is 11.6 Å². The summed E-state index contributed by atoms with van der Waals surface area (Å²) in [5, 5.41) is 27.5. The number of hydrogen-bond donors (Lipinski definition) is 4. The molecule has 5 N–H and O–H groups in total. The van der Waals surface area contributed by atoms with Gasteiger partial charge in [0.15, 0.2) is 0 Å². The number of benzene rings is 2. The number of halogens is 1. The molecule has 6 rings (SSSR count). The maximum absolute atomic E-state index is 12.4. The number of amides is 1. The Balaban J connectivity index is 0.000000202. The highest BCUT2D eigenvalue weighted by Crippen LogP contribution is 2.67. The lowest BCUT2D eigenvalue weighted by atomic mass is 9.47. The van der Waals surface area contributed by atoms with Crippen LogP contribution in [-0.2, 0) is 10.0 Å². The molecule has 8 atom stereocenters. The molecule has 4 aliphatic carbocycles. The van der Waals surface area contributed by atoms with E-state index in [1.807, 2.05) is 32.0 Å². The van der Waals surface area contributed by atoms with Gasteiger partial charge in [-0.2, -0.15) is 0 Å². The number of rotatable bonds is 8. The highest BCUT2D eigenvalue weighted by atomic mass is 35.5. The van der Waals surface area contributed by atoms with Crippen molar-refractivity contribution in [3.63, 3.8) is 0 Å². The van der Waals surface area contributed by atoms with Crippen LogP contribution in [0.1, 0.15) is 127 Å². The number of sulfonamides is 1. The van der Waals surface area contributed by atoms with Crippen LogP contribution in [0, 0.1) is 60.2 Å². The first kappa shape index (κ1) is 39.8. The van der Waals surface area contributed by atoms with E-state index in [4.69, 9.17) is 16.7 Å². The van der Waals surface area contributed by atoms with Crippen LogP contribution in [0.4, 0.5) is 5.69 Å². The summed E-state index contributed by atoms with van der Waals surface area (Å²) in [6, 6.07) is 7.41. The smallest absolute Gasteiger partial charge is 0.259 e. The third kappa shape index (κ3) is 8.24. The van der Waals surface area contributed by atoms with Crippen LogP contribution in [0.15, 0.2) is 46.9 Å². The topological polar surface area (TPSA) is 130 Å². The van der Waals surface area contributed by atoms with Gasteiger partial charge in [-0.15, -0.1) is 0 Å². The summed E-state index contributed by atoms with van der Waals surface area (Å²) in [6.45, 7) is 16.2. The summed E-state index contributed by atoms with van der Waals surface area (Å²) >= 11 is 5.75. The molecular weight excluding hydrogens is 680 g/mol. The van der Waals surface area contributed by atoms with Crippen LogP contribution in [0.25, 0.3) is 0 Å². The van der Waals surface area contributed by atoms with E-state index in [0.717, 1.165) is 71.6 Å². The van der Waals surface area contributed by atoms with Crippen LogP contribution < -0.4 is 10.5 Å². The minimum atomic E-state index is -4.12. The minimum absolute atomic E-state index is 0.0766. The Labute approximate surface area is 311 Å². The molecule has 0 unspecified atom stereocenters. The third-order valence-electron chi connectivity index (χ3n) is 13.6. The Hall–Kier alpha value is -2.39. The zero-order valence-electron chi connectivity index (χ0n) is 31.8. The third-order valence-corrected chi connectivity index (χ3v) is 15.0. The fourth-order valence-electron chi connectivity index (χ4n) is 10.8. The second kappa shape index (κ2) is 15.5. The SMILES string of the molecule is CC(C)CCC[C@@H](C)[C@H]1CC[C@H]2[C@@H]3CC=C4C[C@@H](O)CC[C@]4(C)[C@H]3CC[C@]12C.Cc1cccc(C)c1NC(=O)c1cc(S(N)(=O)=O)c(Cl)cc1O. The van der Waals surface area contributed by atoms with Gasteiger partial charge in [0, 0.05) is 11.8 Å². The predicted octanol–water partition coefficient (Wildman–Crippen LogP) is 9.95. The van der Waals surface area contributed by atoms with Gasteiger partial charge < -0.3 is 15.5 Å². The predicted molar refractivity (Wildman–Crippen MR) is 207 cm³/mol. The number of aliphatic hydroxyl groups is 1. The van der Waals surface area contributed by atoms with E-state index in [1.165, 1.54) is 57.8 Å². The number of aryl methyl sites for hydroxylation is 2. The number of allylic oxidation sites excluding steroid dienone is 1. The molecule has 0 aromatic heterocycles. The van der Waals surface area contributed by atoms with Crippen LogP contribution in [0.5, 0.6) is 5.75 Å². The average molecular weight is 741 g/mol. The van der Waals surface area contributed by atoms with Gasteiger partial charge in [0.1, 0.15) is 10.6 Å². The molecule has 4 aliphatic rings. The molecule has 0 spiro atoms. The van der Waals surface area contributed by atoms with Crippen LogP contribution in [-0.4, -0.2) is 30.6 Å². The van der Waals surface area contributed by atoms with Crippen molar-refractivity contribution in [1.82, 2.24) is 0 Å². The van der Waals surface area contributed by atoms with Crippen LogP contribution in [0.3, 0.4) is 0 Å². The van der Waals surface area contributed by atoms with Gasteiger partial charge in [-0.25, -0.2) is 13.6 Å². The average Bonchev–Trinajstić information content (AvgIpc) is 3.40. The second-order valence-electron chi connectivity index (χ2n) is 17.3. The van der Waals surface area contributed by atoms with Crippen molar-refractivity contribution in [2.75, 3.05) is 5.32 Å². The molecule has 9 heteroatoms. The number of primary sulfonamides is 1. The normalized spacial score (nSPS) is 30.6. The number of aromatic hydroxyl groups is 1. The summed E-state index contributed by atoms with van der Waals surface area (Å²) in [5.74, 6) is 4.35. The van der Waals surface area contributed by atoms with Gasteiger partial charge in [-0.05, 0) is 129 Å². The zero-order chi connectivity index (χ0) is 37.5. The largest absolute Gasteiger partial charge is 0.507 e. The lowest BCUT2D eigenvalue weighted by molar-refractivity contribution is -0.0573. The fraction of sp³-hybridized carbons (Fsp3) is 0.643. The van der Waals surface area contributed by atoms with E-state index in [-0.39, 0.29) is 16.7 Å². The Morgan fingerprint density at radius 1 is 1.02 bits per heavy atom. The number of nitrogens with two attached hydrogens (primary N) is 1. The molecule has 282 valence electrons. The number of carbonyl (C=O) groups excluding carboxylic acids is 1. The summed E-state index contributed by atoms with van der Waals surface area (Å²) < 4.78 is 23.0. The maximum atomic E-state index is 12.4. The molecule has 2 aromatic carbocycles. The zero-order valence-corrected chi connectivity index (χ0v) is 33.3. The molecule has 1 amide bonds. The van der Waals surface area contributed by atoms with Crippen molar-refractivity contribution in [2.45, 2.75) is 130 Å². The minimum Gasteiger partial charge on any atom is -0.507 e. The lowest BCUT2D eigenvalue weighted by Gasteiger charge is -2.58. The number of fused-ring (bicyclic) bond motifs is 5. The second-order valence-corrected chi connectivity index (χ2v) is 19.2. The maximum Gasteiger partial charge on any atom is 0.259 e. The molecule has 7 nitrogen and oxygen atoms in total. The molecule has 0 aliphatic heterocycles. The fourth-order valence-corrected chi connectivity index (χ4v) is 11.9. The van der Waals surface area contributed by atoms with Gasteiger partial charge >= 0.3 is 0 Å². The molecule has 2 aromatic rings. The summed E-state index contributed by atoms with van der Waals surface area (Å²) in [4.78, 5) is 12.0. The number of aliphatic hydroxyl groups excluding tert-OH is 1. The molecular formula is C42H61ClN2O5S. The Kier molecular flexibility index (Phi) is 12.1. The highest BCUT2D eigenvalue weighted by molar-refractivity contribution is 7.89. The summed E-state index contributed by atoms with van der Waals surface area (Å²) in [7, 11) is -4.12. The molecule has 3 saturated carbocycles. The van der Waals surface area contributed by atoms with E-state index in [2.05, 4.69) is 46.0 Å². The van der Waals surface area contributed by atoms with Crippen molar-refractivity contribution >= 4 is 33.2 Å². The van der Waals surface area contributed by atoms with Gasteiger partial charge in [-0.1, -0.05) is 95.3 Å². The van der Waals surface area contributed by atoms with E-state index in [0.29, 0.717) is 16.5 Å². The summed E-state index contributed by atoms with van der Waals surface area (Å²) in [6.07, 6.45) is 17.2. The van der Waals surface area contributed by atoms with Gasteiger partial charge in [0.25, 0.3) is 5.91 Å². The number of phenolic OH excluding ortho intramolecular Hbond substituents is 1. The van der Waals surface area contributed by atoms with Crippen molar-refractivity contribution in [3.05, 3.63) is 63.7 Å². The van der Waals surface area contributed by atoms with Gasteiger partial charge in [0.2, 0.25) is 10.0 Å². The summed E-state index contributed by atoms with van der Waals surface area (Å²) in [5.41, 5.74) is 4.62. The van der Waals surface area contributed by atoms with E-state index < -0.39 is 26.6 Å². The van der Waals surface area contributed by atoms with Crippen molar-refractivity contribution in [2.24, 2.45) is 51.5 Å². The molecule has 51 heavy (non-hydrogen) atoms. The quantitative estimate of drug-likeness (QED) is 0.200. The first-order valence-corrected chi connectivity index (χ1v) is 21.1. The van der Waals surface area contributed by atoms with E-state index in [9.17, 15) is 23.4 Å². The van der Waals surface area contributed by atoms with Gasteiger partial charge in [-0.3, -0.25) is 4.79 Å². The highest BCUT2D eigenvalue weighted by Gasteiger charge is 2.59. The Morgan fingerprint density at radius 3 is 2.35 bits per heavy atom. The molecule has 3 fully saturated rings. The van der Waals surface area contributed by atoms with Crippen LogP contribution in [0.2, 0.25) is 5.02 Å². The number of para-hydroxylation sites is 1. The molecule has 0 bridgehead atoms. The molecule has 0 radical (unpaired) electrons. The molecule has 0 saturated heterocycles. The number of carbonyl (C=O) groups is 1. The molecule has 0 heterocycles. The number of hydrogen-bond acceptors (Lipinski definition) is 5. The van der Waals surface area contributed by atoms with Crippen molar-refractivity contribution < 1.29 is 23.4 Å². The van der Waals surface area contributed by atoms with E-state index >= 15 is 0 Å². The lowest BCUT2D eigenvalue weighted by Crippen LogP contribution is -2.50. The Bertz CT molecular complexity index is 1720. The standard InChI is InChI=1S/C27H46O.C15H15ClN2O4S/c1-18(2)7-6-8-19(3)23-11-12-24-22-10-9-20-17-21(28)13-15-26(20,4)25(22)14-16-27(23,24)5;1-8-4-3-5-9(2)14(8)18-15(20)10-6-13(23(17,21)22)11(16)7-12(10)19/h9,18-19,21-25,28H,6-8,10-17H2,1-5H3;3-7,19H,1-2H3,(H,18,20)(H2,17,21,22)/t19-,21+,22+,23-,24+,25+,26+,27-;/m1./s1. The number of phenols is 1. The first-order chi connectivity index (χ1) is 23.9. The van der Waals surface area contributed by atoms with Gasteiger partial charge in [0.05, 0.1) is 16.7 Å². The number of nitrogens with one attached hydrogen (secondary N) is 1. The van der Waals surface area contributed by atoms with Crippen molar-refractivity contribution in [3.8, 4) is 5.75 Å². The first-order valence-electron chi connectivity index (χ1n) is 19.2.